The molecule has 1 fully saturated rings. The van der Waals surface area contributed by atoms with Gasteiger partial charge in [0.05, 0.1) is 11.1 Å². The lowest BCUT2D eigenvalue weighted by Crippen LogP contribution is -2.30. The molecule has 0 radical (unpaired) electrons. The third-order valence-corrected chi connectivity index (χ3v) is 3.53. The van der Waals surface area contributed by atoms with E-state index in [4.69, 9.17) is 5.11 Å². The number of aliphatic hydroxyl groups is 1. The van der Waals surface area contributed by atoms with Gasteiger partial charge in [-0.25, -0.2) is 14.8 Å². The number of β-amino-alcohol motifs (C(OH)–C–C–N with tert-alkyl or cyclic N) is 1. The van der Waals surface area contributed by atoms with Gasteiger partial charge in [-0.1, -0.05) is 12.1 Å². The summed E-state index contributed by atoms with van der Waals surface area (Å²) in [6.45, 7) is 2.86. The van der Waals surface area contributed by atoms with Gasteiger partial charge in [0.2, 0.25) is 5.82 Å². The third kappa shape index (κ3) is 2.18. The maximum Gasteiger partial charge on any atom is 0.374 e. The minimum atomic E-state index is -1.15. The molecule has 104 valence electrons. The normalized spacial score (nSPS) is 22.4. The Morgan fingerprint density at radius 2 is 2.10 bits per heavy atom. The second-order valence-corrected chi connectivity index (χ2v) is 5.36. The molecule has 2 heterocycles. The highest BCUT2D eigenvalue weighted by atomic mass is 16.4. The molecule has 0 spiro atoms. The van der Waals surface area contributed by atoms with E-state index >= 15 is 0 Å². The van der Waals surface area contributed by atoms with Gasteiger partial charge in [0.15, 0.2) is 0 Å². The minimum absolute atomic E-state index is 0.217. The van der Waals surface area contributed by atoms with Crippen LogP contribution >= 0.6 is 0 Å². The zero-order valence-electron chi connectivity index (χ0n) is 11.1. The number of anilines is 1. The Hall–Kier alpha value is -2.21. The maximum absolute atomic E-state index is 11.1. The van der Waals surface area contributed by atoms with Gasteiger partial charge in [-0.05, 0) is 25.5 Å². The molecular formula is C14H15N3O3. The number of fused-ring (bicyclic) bond motifs is 1. The fourth-order valence-corrected chi connectivity index (χ4v) is 2.52. The Labute approximate surface area is 115 Å². The quantitative estimate of drug-likeness (QED) is 0.857. The zero-order valence-corrected chi connectivity index (χ0v) is 11.1. The van der Waals surface area contributed by atoms with Crippen molar-refractivity contribution in [1.29, 1.82) is 0 Å². The number of rotatable bonds is 2. The van der Waals surface area contributed by atoms with Gasteiger partial charge in [-0.3, -0.25) is 0 Å². The highest BCUT2D eigenvalue weighted by Gasteiger charge is 2.33. The Balaban J connectivity index is 2.15. The summed E-state index contributed by atoms with van der Waals surface area (Å²) in [5, 5.41) is 20.0. The molecule has 1 aromatic carbocycles. The van der Waals surface area contributed by atoms with Crippen LogP contribution in [0.4, 0.5) is 5.82 Å². The van der Waals surface area contributed by atoms with Crippen molar-refractivity contribution in [3.63, 3.8) is 0 Å². The lowest BCUT2D eigenvalue weighted by Gasteiger charge is -2.21. The Bertz CT molecular complexity index is 684. The second-order valence-electron chi connectivity index (χ2n) is 5.36. The van der Waals surface area contributed by atoms with Crippen LogP contribution in [-0.4, -0.2) is 44.8 Å². The molecule has 1 aromatic heterocycles. The summed E-state index contributed by atoms with van der Waals surface area (Å²) in [5.74, 6) is -0.793. The van der Waals surface area contributed by atoms with Crippen LogP contribution in [0, 0.1) is 0 Å². The van der Waals surface area contributed by atoms with Crippen molar-refractivity contribution in [2.45, 2.75) is 18.9 Å². The average Bonchev–Trinajstić information content (AvgIpc) is 2.77. The first-order chi connectivity index (χ1) is 9.46. The van der Waals surface area contributed by atoms with Crippen LogP contribution in [-0.2, 0) is 0 Å². The van der Waals surface area contributed by atoms with E-state index in [1.165, 1.54) is 0 Å². The van der Waals surface area contributed by atoms with Crippen LogP contribution in [0.3, 0.4) is 0 Å². The molecule has 1 atom stereocenters. The highest BCUT2D eigenvalue weighted by molar-refractivity contribution is 5.94. The summed E-state index contributed by atoms with van der Waals surface area (Å²) in [5.41, 5.74) is -0.170. The lowest BCUT2D eigenvalue weighted by atomic mass is 10.1. The highest BCUT2D eigenvalue weighted by Crippen LogP contribution is 2.30. The number of hydrogen-bond acceptors (Lipinski definition) is 5. The number of hydrogen-bond donors (Lipinski definition) is 2. The Morgan fingerprint density at radius 1 is 1.35 bits per heavy atom. The summed E-state index contributed by atoms with van der Waals surface area (Å²) < 4.78 is 0. The molecule has 1 aliphatic rings. The average molecular weight is 273 g/mol. The Kier molecular flexibility index (Phi) is 2.83. The largest absolute Gasteiger partial charge is 0.475 e. The number of carboxylic acids is 1. The topological polar surface area (TPSA) is 86.5 Å². The SMILES string of the molecule is CC1(O)CCN(c2nc(C(=O)O)nc3ccccc23)C1. The van der Waals surface area contributed by atoms with Crippen molar-refractivity contribution in [3.8, 4) is 0 Å². The number of carboxylic acid groups (broad SMARTS) is 1. The predicted octanol–water partition coefficient (Wildman–Crippen LogP) is 1.29. The second kappa shape index (κ2) is 4.42. The summed E-state index contributed by atoms with van der Waals surface area (Å²) in [6.07, 6.45) is 0.633. The summed E-state index contributed by atoms with van der Waals surface area (Å²) in [6, 6.07) is 7.30. The summed E-state index contributed by atoms with van der Waals surface area (Å²) in [4.78, 5) is 21.3. The number of para-hydroxylation sites is 1. The predicted molar refractivity (Wildman–Crippen MR) is 74.0 cm³/mol. The molecule has 6 heteroatoms. The molecule has 2 N–H and O–H groups in total. The van der Waals surface area contributed by atoms with Crippen molar-refractivity contribution < 1.29 is 15.0 Å². The number of nitrogens with zero attached hydrogens (tertiary/aromatic N) is 3. The Morgan fingerprint density at radius 3 is 2.75 bits per heavy atom. The van der Waals surface area contributed by atoms with Crippen LogP contribution in [0.25, 0.3) is 10.9 Å². The first-order valence-corrected chi connectivity index (χ1v) is 6.44. The van der Waals surface area contributed by atoms with Crippen LogP contribution in [0.1, 0.15) is 24.0 Å². The van der Waals surface area contributed by atoms with Gasteiger partial charge in [0, 0.05) is 18.5 Å². The number of aromatic nitrogens is 2. The van der Waals surface area contributed by atoms with Crippen LogP contribution < -0.4 is 4.90 Å². The molecule has 3 rings (SSSR count). The third-order valence-electron chi connectivity index (χ3n) is 3.53. The molecule has 0 aliphatic carbocycles. The molecule has 1 unspecified atom stereocenters. The molecule has 0 bridgehead atoms. The molecule has 1 saturated heterocycles. The van der Waals surface area contributed by atoms with Crippen molar-refractivity contribution in [1.82, 2.24) is 9.97 Å². The fraction of sp³-hybridized carbons (Fsp3) is 0.357. The van der Waals surface area contributed by atoms with Gasteiger partial charge in [-0.2, -0.15) is 0 Å². The van der Waals surface area contributed by atoms with Crippen molar-refractivity contribution in [2.75, 3.05) is 18.0 Å². The van der Waals surface area contributed by atoms with Crippen molar-refractivity contribution >= 4 is 22.7 Å². The van der Waals surface area contributed by atoms with E-state index in [1.54, 1.807) is 13.0 Å². The summed E-state index contributed by atoms with van der Waals surface area (Å²) >= 11 is 0. The smallest absolute Gasteiger partial charge is 0.374 e. The first-order valence-electron chi connectivity index (χ1n) is 6.44. The van der Waals surface area contributed by atoms with Crippen LogP contribution in [0.15, 0.2) is 24.3 Å². The van der Waals surface area contributed by atoms with Crippen molar-refractivity contribution in [3.05, 3.63) is 30.1 Å². The van der Waals surface area contributed by atoms with Crippen LogP contribution in [0.5, 0.6) is 0 Å². The molecule has 20 heavy (non-hydrogen) atoms. The zero-order chi connectivity index (χ0) is 14.3. The fourth-order valence-electron chi connectivity index (χ4n) is 2.52. The van der Waals surface area contributed by atoms with E-state index in [2.05, 4.69) is 9.97 Å². The summed E-state index contributed by atoms with van der Waals surface area (Å²) in [7, 11) is 0. The maximum atomic E-state index is 11.1. The molecule has 0 saturated carbocycles. The van der Waals surface area contributed by atoms with Gasteiger partial charge in [-0.15, -0.1) is 0 Å². The lowest BCUT2D eigenvalue weighted by molar-refractivity contribution is 0.0684. The number of benzene rings is 1. The monoisotopic (exact) mass is 273 g/mol. The molecular weight excluding hydrogens is 258 g/mol. The van der Waals surface area contributed by atoms with Gasteiger partial charge in [0.25, 0.3) is 0 Å². The van der Waals surface area contributed by atoms with Crippen LogP contribution in [0.2, 0.25) is 0 Å². The molecule has 1 aliphatic heterocycles. The van der Waals surface area contributed by atoms with Gasteiger partial charge in [0.1, 0.15) is 5.82 Å². The number of carbonyl (C=O) groups is 1. The first kappa shape index (κ1) is 12.8. The van der Waals surface area contributed by atoms with Gasteiger partial charge < -0.3 is 15.1 Å². The van der Waals surface area contributed by atoms with E-state index in [0.29, 0.717) is 30.8 Å². The molecule has 2 aromatic rings. The van der Waals surface area contributed by atoms with E-state index in [9.17, 15) is 9.90 Å². The van der Waals surface area contributed by atoms with E-state index in [1.807, 2.05) is 23.1 Å². The molecule has 6 nitrogen and oxygen atoms in total. The van der Waals surface area contributed by atoms with Crippen molar-refractivity contribution in [2.24, 2.45) is 0 Å². The van der Waals surface area contributed by atoms with E-state index in [-0.39, 0.29) is 5.82 Å². The standard InChI is InChI=1S/C14H15N3O3/c1-14(20)6-7-17(8-14)12-9-4-2-3-5-10(9)15-11(16-12)13(18)19/h2-5,20H,6-8H2,1H3,(H,18,19). The van der Waals surface area contributed by atoms with Gasteiger partial charge >= 0.3 is 5.97 Å². The minimum Gasteiger partial charge on any atom is -0.475 e. The number of aromatic carboxylic acids is 1. The molecule has 0 amide bonds. The van der Waals surface area contributed by atoms with E-state index < -0.39 is 11.6 Å². The van der Waals surface area contributed by atoms with E-state index in [0.717, 1.165) is 5.39 Å².